The Bertz CT molecular complexity index is 487. The zero-order valence-electron chi connectivity index (χ0n) is 10.5. The van der Waals surface area contributed by atoms with Crippen molar-refractivity contribution in [3.8, 4) is 0 Å². The summed E-state index contributed by atoms with van der Waals surface area (Å²) in [4.78, 5) is 40.1. The molecule has 1 unspecified atom stereocenters. The average Bonchev–Trinajstić information content (AvgIpc) is 2.10. The lowest BCUT2D eigenvalue weighted by Gasteiger charge is -2.32. The molecule has 0 amide bonds. The van der Waals surface area contributed by atoms with E-state index in [2.05, 4.69) is 0 Å². The van der Waals surface area contributed by atoms with Crippen molar-refractivity contribution in [3.05, 3.63) is 24.0 Å². The number of hydrogen-bond donors (Lipinski definition) is 2. The fraction of sp³-hybridized carbons (Fsp3) is 0.455. The van der Waals surface area contributed by atoms with E-state index in [1.165, 1.54) is 25.2 Å². The summed E-state index contributed by atoms with van der Waals surface area (Å²) in [7, 11) is -4.41. The maximum atomic E-state index is 11.2. The van der Waals surface area contributed by atoms with E-state index in [9.17, 15) is 14.2 Å². The molecule has 1 atom stereocenters. The van der Waals surface area contributed by atoms with Crippen molar-refractivity contribution in [1.82, 2.24) is 0 Å². The third-order valence-corrected chi connectivity index (χ3v) is 3.20. The molecule has 106 valence electrons. The predicted octanol–water partition coefficient (Wildman–Crippen LogP) is 0.873. The molecule has 7 nitrogen and oxygen atoms in total. The van der Waals surface area contributed by atoms with Gasteiger partial charge in [-0.2, -0.15) is 0 Å². The summed E-state index contributed by atoms with van der Waals surface area (Å²) >= 11 is 0. The highest BCUT2D eigenvalue weighted by molar-refractivity contribution is 7.51. The molecule has 1 aliphatic rings. The molecule has 0 aromatic rings. The van der Waals surface area contributed by atoms with Gasteiger partial charge in [0.15, 0.2) is 0 Å². The van der Waals surface area contributed by atoms with Crippen LogP contribution >= 0.6 is 7.60 Å². The molecule has 0 spiro atoms. The molecule has 0 aromatic heterocycles. The van der Waals surface area contributed by atoms with E-state index in [-0.39, 0.29) is 12.2 Å². The molecule has 0 bridgehead atoms. The molecule has 2 N–H and O–H groups in total. The maximum absolute atomic E-state index is 11.2. The zero-order valence-corrected chi connectivity index (χ0v) is 11.4. The van der Waals surface area contributed by atoms with Crippen LogP contribution in [-0.4, -0.2) is 33.5 Å². The Balaban J connectivity index is 2.97. The van der Waals surface area contributed by atoms with E-state index < -0.39 is 31.3 Å². The first-order valence-corrected chi connectivity index (χ1v) is 7.23. The van der Waals surface area contributed by atoms with Gasteiger partial charge in [-0.25, -0.2) is 0 Å². The molecule has 0 aliphatic heterocycles. The van der Waals surface area contributed by atoms with Crippen molar-refractivity contribution in [2.24, 2.45) is 0 Å². The second kappa shape index (κ2) is 5.69. The summed E-state index contributed by atoms with van der Waals surface area (Å²) in [6.45, 7) is 2.34. The number of carbonyl (C=O) groups is 2. The number of ether oxygens (including phenoxy) is 2. The lowest BCUT2D eigenvalue weighted by molar-refractivity contribution is -0.151. The maximum Gasteiger partial charge on any atom is 0.329 e. The molecule has 8 heteroatoms. The molecule has 0 radical (unpaired) electrons. The molecule has 19 heavy (non-hydrogen) atoms. The van der Waals surface area contributed by atoms with Crippen molar-refractivity contribution in [1.29, 1.82) is 0 Å². The fourth-order valence-corrected chi connectivity index (χ4v) is 2.82. The van der Waals surface area contributed by atoms with Crippen molar-refractivity contribution < 1.29 is 33.4 Å². The third kappa shape index (κ3) is 5.38. The normalized spacial score (nSPS) is 22.6. The standard InChI is InChI=1S/C11H15O7P/c1-8(12)17-10-4-3-5-11(6-10,18-9(2)13)7-19(14,15)16/h3-5H,6-7H2,1-2H3,(H2,14,15,16). The Morgan fingerprint density at radius 3 is 2.47 bits per heavy atom. The van der Waals surface area contributed by atoms with Crippen LogP contribution in [0.25, 0.3) is 0 Å². The Hall–Kier alpha value is -1.43. The van der Waals surface area contributed by atoms with Crippen molar-refractivity contribution in [2.75, 3.05) is 6.16 Å². The molecule has 0 aromatic carbocycles. The van der Waals surface area contributed by atoms with Gasteiger partial charge in [-0.1, -0.05) is 6.08 Å². The Morgan fingerprint density at radius 1 is 1.37 bits per heavy atom. The van der Waals surface area contributed by atoms with Gasteiger partial charge in [0.05, 0.1) is 12.6 Å². The van der Waals surface area contributed by atoms with E-state index in [0.29, 0.717) is 0 Å². The minimum atomic E-state index is -4.41. The number of hydrogen-bond acceptors (Lipinski definition) is 5. The first-order valence-electron chi connectivity index (χ1n) is 5.43. The molecule has 1 aliphatic carbocycles. The van der Waals surface area contributed by atoms with Gasteiger partial charge in [0.2, 0.25) is 0 Å². The summed E-state index contributed by atoms with van der Waals surface area (Å²) in [5.41, 5.74) is -1.50. The predicted molar refractivity (Wildman–Crippen MR) is 65.0 cm³/mol. The van der Waals surface area contributed by atoms with Crippen molar-refractivity contribution in [2.45, 2.75) is 25.9 Å². The van der Waals surface area contributed by atoms with E-state index in [1.807, 2.05) is 0 Å². The van der Waals surface area contributed by atoms with Crippen LogP contribution in [0.3, 0.4) is 0 Å². The Morgan fingerprint density at radius 2 is 2.00 bits per heavy atom. The molecule has 1 rings (SSSR count). The smallest absolute Gasteiger partial charge is 0.329 e. The molecule has 0 fully saturated rings. The van der Waals surface area contributed by atoms with Gasteiger partial charge >= 0.3 is 19.5 Å². The number of allylic oxidation sites excluding steroid dienone is 2. The first kappa shape index (κ1) is 15.6. The van der Waals surface area contributed by atoms with Crippen LogP contribution in [0.4, 0.5) is 0 Å². The summed E-state index contributed by atoms with van der Waals surface area (Å²) in [5, 5.41) is 0. The fourth-order valence-electron chi connectivity index (χ4n) is 1.84. The minimum absolute atomic E-state index is 0.103. The summed E-state index contributed by atoms with van der Waals surface area (Å²) in [6, 6.07) is 0. The van der Waals surface area contributed by atoms with Crippen LogP contribution in [0, 0.1) is 0 Å². The third-order valence-electron chi connectivity index (χ3n) is 2.25. The topological polar surface area (TPSA) is 110 Å². The molecule has 0 saturated carbocycles. The highest BCUT2D eigenvalue weighted by atomic mass is 31.2. The molecular formula is C11H15O7P. The number of esters is 2. The second-order valence-corrected chi connectivity index (χ2v) is 5.89. The Labute approximate surface area is 110 Å². The Kier molecular flexibility index (Phi) is 4.68. The minimum Gasteiger partial charge on any atom is -0.454 e. The SMILES string of the molecule is CC(=O)OC1=CC=CC(CP(=O)(O)O)(OC(C)=O)C1. The quantitative estimate of drug-likeness (QED) is 0.584. The molecule has 0 saturated heterocycles. The van der Waals surface area contributed by atoms with Crippen LogP contribution in [0.15, 0.2) is 24.0 Å². The van der Waals surface area contributed by atoms with Crippen LogP contribution in [0.2, 0.25) is 0 Å². The highest BCUT2D eigenvalue weighted by Gasteiger charge is 2.40. The first-order chi connectivity index (χ1) is 8.62. The lowest BCUT2D eigenvalue weighted by atomic mass is 9.95. The van der Waals surface area contributed by atoms with Crippen LogP contribution in [0.1, 0.15) is 20.3 Å². The zero-order chi connectivity index (χ0) is 14.7. The molecule has 0 heterocycles. The monoisotopic (exact) mass is 290 g/mol. The lowest BCUT2D eigenvalue weighted by Crippen LogP contribution is -2.38. The van der Waals surface area contributed by atoms with Gasteiger partial charge in [-0.15, -0.1) is 0 Å². The van der Waals surface area contributed by atoms with E-state index in [1.54, 1.807) is 0 Å². The number of rotatable bonds is 4. The van der Waals surface area contributed by atoms with Crippen LogP contribution < -0.4 is 0 Å². The van der Waals surface area contributed by atoms with Crippen LogP contribution in [0.5, 0.6) is 0 Å². The van der Waals surface area contributed by atoms with Gasteiger partial charge in [0.25, 0.3) is 0 Å². The van der Waals surface area contributed by atoms with Gasteiger partial charge in [-0.05, 0) is 12.2 Å². The largest absolute Gasteiger partial charge is 0.454 e. The van der Waals surface area contributed by atoms with E-state index in [4.69, 9.17) is 19.3 Å². The van der Waals surface area contributed by atoms with Gasteiger partial charge in [0, 0.05) is 13.8 Å². The summed E-state index contributed by atoms with van der Waals surface area (Å²) in [6.07, 6.45) is 3.51. The van der Waals surface area contributed by atoms with E-state index in [0.717, 1.165) is 6.92 Å². The van der Waals surface area contributed by atoms with Gasteiger partial charge in [-0.3, -0.25) is 14.2 Å². The number of carbonyl (C=O) groups excluding carboxylic acids is 2. The highest BCUT2D eigenvalue weighted by Crippen LogP contribution is 2.43. The molecular weight excluding hydrogens is 275 g/mol. The van der Waals surface area contributed by atoms with Gasteiger partial charge < -0.3 is 19.3 Å². The van der Waals surface area contributed by atoms with Crippen LogP contribution in [-0.2, 0) is 23.6 Å². The summed E-state index contributed by atoms with van der Waals surface area (Å²) < 4.78 is 21.0. The second-order valence-electron chi connectivity index (χ2n) is 4.24. The van der Waals surface area contributed by atoms with E-state index >= 15 is 0 Å². The van der Waals surface area contributed by atoms with Crippen molar-refractivity contribution >= 4 is 19.5 Å². The summed E-state index contributed by atoms with van der Waals surface area (Å²) in [5.74, 6) is -1.05. The average molecular weight is 290 g/mol. The van der Waals surface area contributed by atoms with Crippen molar-refractivity contribution in [3.63, 3.8) is 0 Å². The van der Waals surface area contributed by atoms with Gasteiger partial charge in [0.1, 0.15) is 11.4 Å².